The van der Waals surface area contributed by atoms with Crippen LogP contribution < -0.4 is 5.32 Å². The molecule has 2 aromatic carbocycles. The number of H-pyrrole nitrogens is 1. The molecule has 0 spiro atoms. The van der Waals surface area contributed by atoms with Gasteiger partial charge >= 0.3 is 0 Å². The first-order chi connectivity index (χ1) is 14.0. The molecule has 2 N–H and O–H groups in total. The number of hydrogen-bond acceptors (Lipinski definition) is 3. The normalized spacial score (nSPS) is 18.7. The molecule has 1 heterocycles. The highest BCUT2D eigenvalue weighted by molar-refractivity contribution is 5.95. The molecule has 2 atom stereocenters. The molecular weight excluding hydrogens is 364 g/mol. The van der Waals surface area contributed by atoms with Gasteiger partial charge in [0.1, 0.15) is 0 Å². The summed E-state index contributed by atoms with van der Waals surface area (Å²) in [4.78, 5) is 26.4. The zero-order chi connectivity index (χ0) is 20.4. The molecular formula is C23H26N4O2. The first-order valence-electron chi connectivity index (χ1n) is 10.1. The summed E-state index contributed by atoms with van der Waals surface area (Å²) in [5.41, 5.74) is 3.85. The van der Waals surface area contributed by atoms with Gasteiger partial charge in [-0.1, -0.05) is 25.1 Å². The minimum Gasteiger partial charge on any atom is -0.353 e. The van der Waals surface area contributed by atoms with E-state index in [0.29, 0.717) is 12.0 Å². The maximum atomic E-state index is 12.9. The van der Waals surface area contributed by atoms with Crippen LogP contribution in [0.5, 0.6) is 0 Å². The summed E-state index contributed by atoms with van der Waals surface area (Å²) in [6.45, 7) is 1.86. The molecule has 0 aliphatic heterocycles. The van der Waals surface area contributed by atoms with Crippen molar-refractivity contribution in [3.63, 3.8) is 0 Å². The summed E-state index contributed by atoms with van der Waals surface area (Å²) in [6, 6.07) is 14.2. The monoisotopic (exact) mass is 390 g/mol. The minimum absolute atomic E-state index is 0.0225. The van der Waals surface area contributed by atoms with Crippen molar-refractivity contribution < 1.29 is 9.59 Å². The molecule has 6 heteroatoms. The molecule has 0 saturated heterocycles. The third kappa shape index (κ3) is 4.01. The van der Waals surface area contributed by atoms with Crippen molar-refractivity contribution in [2.24, 2.45) is 0 Å². The van der Waals surface area contributed by atoms with Gasteiger partial charge in [-0.3, -0.25) is 14.7 Å². The predicted molar refractivity (Wildman–Crippen MR) is 113 cm³/mol. The van der Waals surface area contributed by atoms with Crippen molar-refractivity contribution in [1.82, 2.24) is 20.4 Å². The second kappa shape index (κ2) is 8.07. The lowest BCUT2D eigenvalue weighted by Crippen LogP contribution is -2.38. The molecule has 1 fully saturated rings. The molecule has 1 aliphatic carbocycles. The molecule has 29 heavy (non-hydrogen) atoms. The Bertz CT molecular complexity index is 1020. The van der Waals surface area contributed by atoms with Crippen molar-refractivity contribution in [2.45, 2.75) is 44.7 Å². The summed E-state index contributed by atoms with van der Waals surface area (Å²) in [5.74, 6) is 0.100. The Labute approximate surface area is 170 Å². The third-order valence-corrected chi connectivity index (χ3v) is 5.86. The fraction of sp³-hybridized carbons (Fsp3) is 0.348. The number of carbonyl (C=O) groups excluding carboxylic acids is 2. The van der Waals surface area contributed by atoms with Crippen molar-refractivity contribution in [1.29, 1.82) is 0 Å². The fourth-order valence-corrected chi connectivity index (χ4v) is 4.07. The van der Waals surface area contributed by atoms with E-state index in [1.807, 2.05) is 61.5 Å². The van der Waals surface area contributed by atoms with Crippen LogP contribution in [0.1, 0.15) is 43.0 Å². The van der Waals surface area contributed by atoms with Gasteiger partial charge < -0.3 is 10.2 Å². The lowest BCUT2D eigenvalue weighted by molar-refractivity contribution is -0.121. The van der Waals surface area contributed by atoms with Crippen LogP contribution in [0.4, 0.5) is 0 Å². The zero-order valence-electron chi connectivity index (χ0n) is 16.8. The molecule has 6 nitrogen and oxygen atoms in total. The summed E-state index contributed by atoms with van der Waals surface area (Å²) in [6.07, 6.45) is 4.96. The average Bonchev–Trinajstić information content (AvgIpc) is 3.41. The van der Waals surface area contributed by atoms with E-state index in [0.717, 1.165) is 41.3 Å². The number of aromatic nitrogens is 2. The molecule has 0 radical (unpaired) electrons. The van der Waals surface area contributed by atoms with Crippen LogP contribution in [-0.2, 0) is 4.79 Å². The van der Waals surface area contributed by atoms with Crippen molar-refractivity contribution >= 4 is 22.7 Å². The largest absolute Gasteiger partial charge is 0.353 e. The molecule has 1 aliphatic rings. The smallest absolute Gasteiger partial charge is 0.253 e. The number of rotatable bonds is 5. The van der Waals surface area contributed by atoms with Gasteiger partial charge in [-0.25, -0.2) is 0 Å². The van der Waals surface area contributed by atoms with E-state index in [1.54, 1.807) is 0 Å². The molecule has 4 rings (SSSR count). The second-order valence-electron chi connectivity index (χ2n) is 7.75. The van der Waals surface area contributed by atoms with Crippen molar-refractivity contribution in [2.75, 3.05) is 7.05 Å². The van der Waals surface area contributed by atoms with E-state index in [-0.39, 0.29) is 23.9 Å². The first-order valence-corrected chi connectivity index (χ1v) is 10.1. The molecule has 3 aromatic rings. The van der Waals surface area contributed by atoms with E-state index in [9.17, 15) is 9.59 Å². The van der Waals surface area contributed by atoms with Gasteiger partial charge in [0.25, 0.3) is 5.91 Å². The predicted octanol–water partition coefficient (Wildman–Crippen LogP) is 3.75. The number of nitrogens with one attached hydrogen (secondary N) is 2. The van der Waals surface area contributed by atoms with Crippen LogP contribution in [0, 0.1) is 0 Å². The van der Waals surface area contributed by atoms with Gasteiger partial charge in [0.05, 0.1) is 11.7 Å². The number of carbonyl (C=O) groups is 2. The van der Waals surface area contributed by atoms with Crippen molar-refractivity contribution in [3.8, 4) is 11.1 Å². The van der Waals surface area contributed by atoms with Gasteiger partial charge in [-0.05, 0) is 54.7 Å². The molecule has 1 saturated carbocycles. The topological polar surface area (TPSA) is 78.1 Å². The van der Waals surface area contributed by atoms with Gasteiger partial charge in [0, 0.05) is 36.5 Å². The highest BCUT2D eigenvalue weighted by Gasteiger charge is 2.30. The maximum absolute atomic E-state index is 12.9. The highest BCUT2D eigenvalue weighted by atomic mass is 16.2. The maximum Gasteiger partial charge on any atom is 0.253 e. The quantitative estimate of drug-likeness (QED) is 0.696. The average molecular weight is 390 g/mol. The molecule has 1 aromatic heterocycles. The number of amides is 2. The lowest BCUT2D eigenvalue weighted by Gasteiger charge is -2.25. The number of fused-ring (bicyclic) bond motifs is 1. The zero-order valence-corrected chi connectivity index (χ0v) is 16.8. The summed E-state index contributed by atoms with van der Waals surface area (Å²) >= 11 is 0. The first kappa shape index (κ1) is 19.2. The van der Waals surface area contributed by atoms with Crippen LogP contribution >= 0.6 is 0 Å². The SMILES string of the molecule is CCC(=O)N[C@@H]1CC[C@H](N(C)C(=O)c2ccc(-c3ccc4[nH]ncc4c3)cc2)C1. The van der Waals surface area contributed by atoms with Crippen LogP contribution in [-0.4, -0.2) is 46.0 Å². The Morgan fingerprint density at radius 2 is 1.90 bits per heavy atom. The van der Waals surface area contributed by atoms with Gasteiger partial charge in [-0.15, -0.1) is 0 Å². The highest BCUT2D eigenvalue weighted by Crippen LogP contribution is 2.27. The second-order valence-corrected chi connectivity index (χ2v) is 7.75. The molecule has 2 amide bonds. The van der Waals surface area contributed by atoms with Gasteiger partial charge in [0.2, 0.25) is 5.91 Å². The Kier molecular flexibility index (Phi) is 5.34. The minimum atomic E-state index is 0.0225. The Morgan fingerprint density at radius 3 is 2.66 bits per heavy atom. The summed E-state index contributed by atoms with van der Waals surface area (Å²) in [7, 11) is 1.86. The number of aromatic amines is 1. The Morgan fingerprint density at radius 1 is 1.14 bits per heavy atom. The van der Waals surface area contributed by atoms with Gasteiger partial charge in [-0.2, -0.15) is 5.10 Å². The van der Waals surface area contributed by atoms with Crippen LogP contribution in [0.2, 0.25) is 0 Å². The summed E-state index contributed by atoms with van der Waals surface area (Å²) < 4.78 is 0. The fourth-order valence-electron chi connectivity index (χ4n) is 4.07. The van der Waals surface area contributed by atoms with E-state index in [4.69, 9.17) is 0 Å². The number of benzene rings is 2. The Balaban J connectivity index is 1.43. The molecule has 0 unspecified atom stereocenters. The van der Waals surface area contributed by atoms with E-state index in [1.165, 1.54) is 0 Å². The molecule has 0 bridgehead atoms. The standard InChI is InChI=1S/C23H26N4O2/c1-3-22(28)25-19-9-10-20(13-19)27(2)23(29)16-6-4-15(5-7-16)17-8-11-21-18(12-17)14-24-26-21/h4-8,11-12,14,19-20H,3,9-10,13H2,1-2H3,(H,24,26)(H,25,28)/t19-,20+/m1/s1. The van der Waals surface area contributed by atoms with Gasteiger partial charge in [0.15, 0.2) is 0 Å². The van der Waals surface area contributed by atoms with Crippen LogP contribution in [0.15, 0.2) is 48.7 Å². The van der Waals surface area contributed by atoms with Crippen molar-refractivity contribution in [3.05, 3.63) is 54.2 Å². The molecule has 150 valence electrons. The summed E-state index contributed by atoms with van der Waals surface area (Å²) in [5, 5.41) is 11.1. The van der Waals surface area contributed by atoms with E-state index in [2.05, 4.69) is 21.6 Å². The number of hydrogen-bond donors (Lipinski definition) is 2. The van der Waals surface area contributed by atoms with Crippen LogP contribution in [0.25, 0.3) is 22.0 Å². The van der Waals surface area contributed by atoms with Crippen LogP contribution in [0.3, 0.4) is 0 Å². The van der Waals surface area contributed by atoms with E-state index >= 15 is 0 Å². The van der Waals surface area contributed by atoms with E-state index < -0.39 is 0 Å². The lowest BCUT2D eigenvalue weighted by atomic mass is 10.0. The Hall–Kier alpha value is -3.15. The third-order valence-electron chi connectivity index (χ3n) is 5.86. The number of nitrogens with zero attached hydrogens (tertiary/aromatic N) is 2.